The van der Waals surface area contributed by atoms with E-state index in [1.54, 1.807) is 11.3 Å². The Labute approximate surface area is 93.7 Å². The molecule has 1 saturated heterocycles. The van der Waals surface area contributed by atoms with Crippen LogP contribution in [0.25, 0.3) is 0 Å². The fourth-order valence-electron chi connectivity index (χ4n) is 2.18. The van der Waals surface area contributed by atoms with Crippen LogP contribution in [0.4, 0.5) is 0 Å². The quantitative estimate of drug-likeness (QED) is 0.715. The molecule has 82 valence electrons. The Balaban J connectivity index is 2.19. The molecule has 2 atom stereocenters. The van der Waals surface area contributed by atoms with E-state index >= 15 is 0 Å². The highest BCUT2D eigenvalue weighted by molar-refractivity contribution is 7.10. The number of carbonyl (C=O) groups excluding carboxylic acids is 1. The Kier molecular flexibility index (Phi) is 3.07. The third-order valence-corrected chi connectivity index (χ3v) is 3.92. The van der Waals surface area contributed by atoms with Crippen molar-refractivity contribution in [3.05, 3.63) is 22.4 Å². The first kappa shape index (κ1) is 10.6. The van der Waals surface area contributed by atoms with E-state index in [0.29, 0.717) is 5.92 Å². The molecule has 0 aliphatic carbocycles. The molecule has 4 heteroatoms. The number of thiophene rings is 1. The summed E-state index contributed by atoms with van der Waals surface area (Å²) in [4.78, 5) is 15.1. The third-order valence-electron chi connectivity index (χ3n) is 2.92. The minimum atomic E-state index is -0.0854. The number of methoxy groups -OCH3 is 1. The average Bonchev–Trinajstić information content (AvgIpc) is 2.84. The van der Waals surface area contributed by atoms with Crippen LogP contribution < -0.4 is 0 Å². The van der Waals surface area contributed by atoms with Crippen molar-refractivity contribution in [2.24, 2.45) is 5.92 Å². The summed E-state index contributed by atoms with van der Waals surface area (Å²) in [5.41, 5.74) is 0. The molecule has 1 aliphatic rings. The van der Waals surface area contributed by atoms with Crippen LogP contribution in [0.5, 0.6) is 0 Å². The van der Waals surface area contributed by atoms with Gasteiger partial charge in [0.15, 0.2) is 0 Å². The maximum absolute atomic E-state index is 11.6. The Morgan fingerprint density at radius 2 is 2.40 bits per heavy atom. The van der Waals surface area contributed by atoms with Gasteiger partial charge >= 0.3 is 5.97 Å². The zero-order valence-corrected chi connectivity index (χ0v) is 9.79. The van der Waals surface area contributed by atoms with Gasteiger partial charge in [-0.25, -0.2) is 0 Å². The van der Waals surface area contributed by atoms with Crippen LogP contribution in [0.15, 0.2) is 17.5 Å². The van der Waals surface area contributed by atoms with Crippen molar-refractivity contribution >= 4 is 17.3 Å². The van der Waals surface area contributed by atoms with Crippen LogP contribution in [-0.4, -0.2) is 38.1 Å². The molecule has 0 amide bonds. The Bertz CT molecular complexity index is 336. The smallest absolute Gasteiger partial charge is 0.310 e. The number of rotatable bonds is 2. The second kappa shape index (κ2) is 4.33. The number of carbonyl (C=O) groups is 1. The average molecular weight is 225 g/mol. The van der Waals surface area contributed by atoms with Gasteiger partial charge in [-0.05, 0) is 18.5 Å². The summed E-state index contributed by atoms with van der Waals surface area (Å²) in [6.45, 7) is 1.75. The number of hydrogen-bond donors (Lipinski definition) is 0. The predicted octanol–water partition coefficient (Wildman–Crippen LogP) is 1.57. The fourth-order valence-corrected chi connectivity index (χ4v) is 3.07. The van der Waals surface area contributed by atoms with Gasteiger partial charge in [0.05, 0.1) is 13.0 Å². The van der Waals surface area contributed by atoms with Crippen molar-refractivity contribution in [1.82, 2.24) is 4.90 Å². The number of likely N-dealkylation sites (N-methyl/N-ethyl adjacent to an activating group) is 1. The molecule has 2 heterocycles. The first-order valence-corrected chi connectivity index (χ1v) is 5.90. The molecule has 3 nitrogen and oxygen atoms in total. The van der Waals surface area contributed by atoms with E-state index < -0.39 is 0 Å². The molecular formula is C11H15NO2S. The number of nitrogens with zero attached hydrogens (tertiary/aromatic N) is 1. The highest BCUT2D eigenvalue weighted by atomic mass is 32.1. The molecule has 15 heavy (non-hydrogen) atoms. The molecular weight excluding hydrogens is 210 g/mol. The van der Waals surface area contributed by atoms with Gasteiger partial charge in [-0.1, -0.05) is 6.07 Å². The summed E-state index contributed by atoms with van der Waals surface area (Å²) >= 11 is 1.72. The van der Waals surface area contributed by atoms with E-state index in [4.69, 9.17) is 4.74 Å². The van der Waals surface area contributed by atoms with Gasteiger partial charge in [0.2, 0.25) is 0 Å². The van der Waals surface area contributed by atoms with Crippen LogP contribution in [0.3, 0.4) is 0 Å². The van der Waals surface area contributed by atoms with E-state index in [2.05, 4.69) is 16.3 Å². The summed E-state index contributed by atoms with van der Waals surface area (Å²) in [5, 5.41) is 2.06. The zero-order valence-electron chi connectivity index (χ0n) is 8.97. The molecule has 0 N–H and O–H groups in total. The van der Waals surface area contributed by atoms with E-state index in [9.17, 15) is 4.79 Å². The van der Waals surface area contributed by atoms with Crippen LogP contribution in [0.1, 0.15) is 10.8 Å². The molecule has 0 unspecified atom stereocenters. The minimum absolute atomic E-state index is 0.00125. The Hall–Kier alpha value is -0.870. The monoisotopic (exact) mass is 225 g/mol. The van der Waals surface area contributed by atoms with E-state index in [1.165, 1.54) is 12.0 Å². The molecule has 1 aromatic rings. The summed E-state index contributed by atoms with van der Waals surface area (Å²) in [6.07, 6.45) is 0. The van der Waals surface area contributed by atoms with Crippen LogP contribution in [0.2, 0.25) is 0 Å². The summed E-state index contributed by atoms with van der Waals surface area (Å²) in [5.74, 6) is 0.221. The van der Waals surface area contributed by atoms with Crippen LogP contribution in [-0.2, 0) is 9.53 Å². The molecule has 0 aromatic carbocycles. The molecule has 1 aromatic heterocycles. The summed E-state index contributed by atoms with van der Waals surface area (Å²) < 4.78 is 4.85. The van der Waals surface area contributed by atoms with Crippen molar-refractivity contribution in [3.63, 3.8) is 0 Å². The SMILES string of the molecule is COC(=O)[C@@H]1CN(C)C[C@@H]1c1cccs1. The standard InChI is InChI=1S/C11H15NO2S/c1-12-6-8(10-4-3-5-15-10)9(7-12)11(13)14-2/h3-5,8-9H,6-7H2,1-2H3/t8-,9+/m0/s1. The molecule has 0 bridgehead atoms. The van der Waals surface area contributed by atoms with Gasteiger partial charge in [0, 0.05) is 23.9 Å². The molecule has 0 spiro atoms. The van der Waals surface area contributed by atoms with E-state index in [-0.39, 0.29) is 11.9 Å². The maximum Gasteiger partial charge on any atom is 0.310 e. The fraction of sp³-hybridized carbons (Fsp3) is 0.545. The van der Waals surface area contributed by atoms with Gasteiger partial charge in [0.25, 0.3) is 0 Å². The van der Waals surface area contributed by atoms with Gasteiger partial charge in [-0.15, -0.1) is 11.3 Å². The summed E-state index contributed by atoms with van der Waals surface area (Å²) in [7, 11) is 3.51. The topological polar surface area (TPSA) is 29.5 Å². The third kappa shape index (κ3) is 2.06. The van der Waals surface area contributed by atoms with Crippen molar-refractivity contribution in [2.75, 3.05) is 27.2 Å². The molecule has 0 saturated carbocycles. The van der Waals surface area contributed by atoms with E-state index in [0.717, 1.165) is 13.1 Å². The van der Waals surface area contributed by atoms with Crippen molar-refractivity contribution in [2.45, 2.75) is 5.92 Å². The first-order valence-electron chi connectivity index (χ1n) is 5.02. The summed E-state index contributed by atoms with van der Waals surface area (Å²) in [6, 6.07) is 4.14. The van der Waals surface area contributed by atoms with Crippen molar-refractivity contribution in [3.8, 4) is 0 Å². The van der Waals surface area contributed by atoms with Crippen molar-refractivity contribution < 1.29 is 9.53 Å². The van der Waals surface area contributed by atoms with Gasteiger partial charge < -0.3 is 9.64 Å². The lowest BCUT2D eigenvalue weighted by molar-refractivity contribution is -0.145. The second-order valence-electron chi connectivity index (χ2n) is 3.97. The lowest BCUT2D eigenvalue weighted by Gasteiger charge is -2.14. The highest BCUT2D eigenvalue weighted by Crippen LogP contribution is 2.34. The molecule has 0 radical (unpaired) electrons. The number of esters is 1. The van der Waals surface area contributed by atoms with Gasteiger partial charge in [-0.3, -0.25) is 4.79 Å². The van der Waals surface area contributed by atoms with Crippen LogP contribution in [0, 0.1) is 5.92 Å². The number of likely N-dealkylation sites (tertiary alicyclic amines) is 1. The lowest BCUT2D eigenvalue weighted by Crippen LogP contribution is -2.22. The van der Waals surface area contributed by atoms with Gasteiger partial charge in [-0.2, -0.15) is 0 Å². The normalized spacial score (nSPS) is 26.8. The Morgan fingerprint density at radius 1 is 1.60 bits per heavy atom. The second-order valence-corrected chi connectivity index (χ2v) is 4.95. The minimum Gasteiger partial charge on any atom is -0.469 e. The van der Waals surface area contributed by atoms with E-state index in [1.807, 2.05) is 13.1 Å². The van der Waals surface area contributed by atoms with Gasteiger partial charge in [0.1, 0.15) is 0 Å². The molecule has 1 aliphatic heterocycles. The maximum atomic E-state index is 11.6. The molecule has 1 fully saturated rings. The number of ether oxygens (including phenoxy) is 1. The Morgan fingerprint density at radius 3 is 3.00 bits per heavy atom. The van der Waals surface area contributed by atoms with Crippen molar-refractivity contribution in [1.29, 1.82) is 0 Å². The van der Waals surface area contributed by atoms with Crippen LogP contribution >= 0.6 is 11.3 Å². The largest absolute Gasteiger partial charge is 0.469 e. The predicted molar refractivity (Wildman–Crippen MR) is 60.1 cm³/mol. The number of hydrogen-bond acceptors (Lipinski definition) is 4. The highest BCUT2D eigenvalue weighted by Gasteiger charge is 2.38. The zero-order chi connectivity index (χ0) is 10.8. The first-order chi connectivity index (χ1) is 7.22. The molecule has 2 rings (SSSR count). The lowest BCUT2D eigenvalue weighted by atomic mass is 9.95.